The predicted octanol–water partition coefficient (Wildman–Crippen LogP) is 2.63. The molecular weight excluding hydrogens is 226 g/mol. The molecule has 1 aliphatic rings. The SMILES string of the molecule is Cc1nn(-c2ccccc2)c2c1C(C)CC(=O)N2. The molecule has 2 aromatic rings. The van der Waals surface area contributed by atoms with Gasteiger partial charge in [-0.2, -0.15) is 5.10 Å². The smallest absolute Gasteiger partial charge is 0.226 e. The second-order valence-electron chi connectivity index (χ2n) is 4.75. The minimum absolute atomic E-state index is 0.0621. The molecule has 1 unspecified atom stereocenters. The zero-order valence-corrected chi connectivity index (χ0v) is 10.5. The third-order valence-corrected chi connectivity index (χ3v) is 3.35. The summed E-state index contributed by atoms with van der Waals surface area (Å²) in [6, 6.07) is 9.86. The van der Waals surface area contributed by atoms with E-state index in [1.165, 1.54) is 0 Å². The summed E-state index contributed by atoms with van der Waals surface area (Å²) < 4.78 is 1.82. The Morgan fingerprint density at radius 3 is 2.78 bits per heavy atom. The number of anilines is 1. The molecule has 0 bridgehead atoms. The van der Waals surface area contributed by atoms with Crippen molar-refractivity contribution in [1.29, 1.82) is 0 Å². The van der Waals surface area contributed by atoms with Crippen molar-refractivity contribution in [2.75, 3.05) is 5.32 Å². The number of aromatic nitrogens is 2. The lowest BCUT2D eigenvalue weighted by molar-refractivity contribution is -0.116. The second kappa shape index (κ2) is 3.98. The van der Waals surface area contributed by atoms with E-state index in [9.17, 15) is 4.79 Å². The summed E-state index contributed by atoms with van der Waals surface area (Å²) in [4.78, 5) is 11.7. The highest BCUT2D eigenvalue weighted by atomic mass is 16.1. The molecule has 3 rings (SSSR count). The number of hydrogen-bond donors (Lipinski definition) is 1. The number of amides is 1. The zero-order valence-electron chi connectivity index (χ0n) is 10.5. The van der Waals surface area contributed by atoms with Crippen LogP contribution in [0.2, 0.25) is 0 Å². The average Bonchev–Trinajstić information content (AvgIpc) is 2.67. The van der Waals surface area contributed by atoms with Crippen molar-refractivity contribution in [2.45, 2.75) is 26.2 Å². The first-order chi connectivity index (χ1) is 8.66. The van der Waals surface area contributed by atoms with Crippen LogP contribution >= 0.6 is 0 Å². The highest BCUT2D eigenvalue weighted by Crippen LogP contribution is 2.35. The molecule has 1 aromatic heterocycles. The standard InChI is InChI=1S/C14H15N3O/c1-9-8-12(18)15-14-13(9)10(2)16-17(14)11-6-4-3-5-7-11/h3-7,9H,8H2,1-2H3,(H,15,18). The van der Waals surface area contributed by atoms with Crippen LogP contribution in [-0.2, 0) is 4.79 Å². The summed E-state index contributed by atoms with van der Waals surface area (Å²) in [7, 11) is 0. The maximum absolute atomic E-state index is 11.7. The third kappa shape index (κ3) is 1.61. The molecular formula is C14H15N3O. The van der Waals surface area contributed by atoms with Crippen molar-refractivity contribution in [3.63, 3.8) is 0 Å². The molecule has 1 atom stereocenters. The van der Waals surface area contributed by atoms with E-state index in [0.717, 1.165) is 22.8 Å². The van der Waals surface area contributed by atoms with E-state index in [1.807, 2.05) is 41.9 Å². The molecule has 1 N–H and O–H groups in total. The average molecular weight is 241 g/mol. The molecule has 0 spiro atoms. The molecule has 0 saturated carbocycles. The Kier molecular flexibility index (Phi) is 2.44. The first-order valence-corrected chi connectivity index (χ1v) is 6.11. The van der Waals surface area contributed by atoms with Gasteiger partial charge < -0.3 is 5.32 Å². The van der Waals surface area contributed by atoms with Crippen LogP contribution in [0.3, 0.4) is 0 Å². The predicted molar refractivity (Wildman–Crippen MR) is 70.0 cm³/mol. The van der Waals surface area contributed by atoms with Gasteiger partial charge in [-0.15, -0.1) is 0 Å². The highest BCUT2D eigenvalue weighted by Gasteiger charge is 2.28. The summed E-state index contributed by atoms with van der Waals surface area (Å²) in [5.74, 6) is 1.11. The monoisotopic (exact) mass is 241 g/mol. The molecule has 4 nitrogen and oxygen atoms in total. The number of rotatable bonds is 1. The van der Waals surface area contributed by atoms with Crippen molar-refractivity contribution in [2.24, 2.45) is 0 Å². The van der Waals surface area contributed by atoms with Crippen molar-refractivity contribution in [3.8, 4) is 5.69 Å². The van der Waals surface area contributed by atoms with E-state index < -0.39 is 0 Å². The van der Waals surface area contributed by atoms with Crippen LogP contribution in [0.1, 0.15) is 30.5 Å². The topological polar surface area (TPSA) is 46.9 Å². The molecule has 0 radical (unpaired) electrons. The van der Waals surface area contributed by atoms with Crippen molar-refractivity contribution in [1.82, 2.24) is 9.78 Å². The molecule has 1 amide bonds. The summed E-state index contributed by atoms with van der Waals surface area (Å²) in [5.41, 5.74) is 3.11. The minimum atomic E-state index is 0.0621. The number of carbonyl (C=O) groups is 1. The summed E-state index contributed by atoms with van der Waals surface area (Å²) >= 11 is 0. The molecule has 1 aromatic carbocycles. The molecule has 18 heavy (non-hydrogen) atoms. The van der Waals surface area contributed by atoms with Gasteiger partial charge in [0.1, 0.15) is 5.82 Å². The van der Waals surface area contributed by atoms with E-state index in [-0.39, 0.29) is 11.8 Å². The Labute approximate surface area is 106 Å². The fraction of sp³-hybridized carbons (Fsp3) is 0.286. The van der Waals surface area contributed by atoms with Crippen LogP contribution in [-0.4, -0.2) is 15.7 Å². The van der Waals surface area contributed by atoms with Crippen molar-refractivity contribution in [3.05, 3.63) is 41.6 Å². The number of aryl methyl sites for hydroxylation is 1. The quantitative estimate of drug-likeness (QED) is 0.834. The van der Waals surface area contributed by atoms with Gasteiger partial charge in [0, 0.05) is 12.0 Å². The number of para-hydroxylation sites is 1. The van der Waals surface area contributed by atoms with Gasteiger partial charge in [0.2, 0.25) is 5.91 Å². The normalized spacial score (nSPS) is 18.3. The van der Waals surface area contributed by atoms with E-state index in [2.05, 4.69) is 17.3 Å². The molecule has 0 fully saturated rings. The number of fused-ring (bicyclic) bond motifs is 1. The first kappa shape index (κ1) is 11.0. The molecule has 2 heterocycles. The molecule has 4 heteroatoms. The third-order valence-electron chi connectivity index (χ3n) is 3.35. The van der Waals surface area contributed by atoms with Gasteiger partial charge >= 0.3 is 0 Å². The fourth-order valence-electron chi connectivity index (χ4n) is 2.57. The maximum Gasteiger partial charge on any atom is 0.226 e. The number of benzene rings is 1. The summed E-state index contributed by atoms with van der Waals surface area (Å²) in [5, 5.41) is 7.49. The van der Waals surface area contributed by atoms with Crippen LogP contribution in [0.15, 0.2) is 30.3 Å². The lowest BCUT2D eigenvalue weighted by Crippen LogP contribution is -2.23. The molecule has 1 aliphatic heterocycles. The Hall–Kier alpha value is -2.10. The maximum atomic E-state index is 11.7. The highest BCUT2D eigenvalue weighted by molar-refractivity contribution is 5.94. The Morgan fingerprint density at radius 2 is 2.06 bits per heavy atom. The van der Waals surface area contributed by atoms with Crippen molar-refractivity contribution >= 4 is 11.7 Å². The van der Waals surface area contributed by atoms with Crippen LogP contribution in [0, 0.1) is 6.92 Å². The van der Waals surface area contributed by atoms with Gasteiger partial charge in [-0.1, -0.05) is 25.1 Å². The molecule has 92 valence electrons. The van der Waals surface area contributed by atoms with E-state index in [1.54, 1.807) is 0 Å². The van der Waals surface area contributed by atoms with Crippen LogP contribution in [0.25, 0.3) is 5.69 Å². The fourth-order valence-corrected chi connectivity index (χ4v) is 2.57. The van der Waals surface area contributed by atoms with Gasteiger partial charge in [0.05, 0.1) is 11.4 Å². The van der Waals surface area contributed by atoms with Gasteiger partial charge in [0.15, 0.2) is 0 Å². The van der Waals surface area contributed by atoms with E-state index >= 15 is 0 Å². The summed E-state index contributed by atoms with van der Waals surface area (Å²) in [6.07, 6.45) is 0.536. The summed E-state index contributed by atoms with van der Waals surface area (Å²) in [6.45, 7) is 4.06. The lowest BCUT2D eigenvalue weighted by Gasteiger charge is -2.20. The number of hydrogen-bond acceptors (Lipinski definition) is 2. The van der Waals surface area contributed by atoms with E-state index in [4.69, 9.17) is 0 Å². The Balaban J connectivity index is 2.19. The number of nitrogens with one attached hydrogen (secondary N) is 1. The van der Waals surface area contributed by atoms with Crippen molar-refractivity contribution < 1.29 is 4.79 Å². The number of carbonyl (C=O) groups excluding carboxylic acids is 1. The minimum Gasteiger partial charge on any atom is -0.310 e. The zero-order chi connectivity index (χ0) is 12.7. The van der Waals surface area contributed by atoms with Gasteiger partial charge in [-0.25, -0.2) is 4.68 Å². The van der Waals surface area contributed by atoms with E-state index in [0.29, 0.717) is 6.42 Å². The number of nitrogens with zero attached hydrogens (tertiary/aromatic N) is 2. The van der Waals surface area contributed by atoms with Crippen LogP contribution in [0.5, 0.6) is 0 Å². The Morgan fingerprint density at radius 1 is 1.33 bits per heavy atom. The largest absolute Gasteiger partial charge is 0.310 e. The van der Waals surface area contributed by atoms with Gasteiger partial charge in [-0.05, 0) is 25.0 Å². The second-order valence-corrected chi connectivity index (χ2v) is 4.75. The molecule has 0 saturated heterocycles. The molecule has 0 aliphatic carbocycles. The lowest BCUT2D eigenvalue weighted by atomic mass is 9.94. The van der Waals surface area contributed by atoms with Crippen LogP contribution < -0.4 is 5.32 Å². The Bertz CT molecular complexity index is 601. The van der Waals surface area contributed by atoms with Gasteiger partial charge in [0.25, 0.3) is 0 Å². The van der Waals surface area contributed by atoms with Gasteiger partial charge in [-0.3, -0.25) is 4.79 Å². The first-order valence-electron chi connectivity index (χ1n) is 6.11. The van der Waals surface area contributed by atoms with Crippen LogP contribution in [0.4, 0.5) is 5.82 Å².